The summed E-state index contributed by atoms with van der Waals surface area (Å²) in [6, 6.07) is 4.86. The Labute approximate surface area is 117 Å². The molecular formula is C13H17Cl2NO2. The Morgan fingerprint density at radius 2 is 2.06 bits per heavy atom. The van der Waals surface area contributed by atoms with Gasteiger partial charge >= 0.3 is 0 Å². The summed E-state index contributed by atoms with van der Waals surface area (Å²) in [6.45, 7) is 5.61. The number of carbonyl (C=O) groups is 1. The zero-order chi connectivity index (χ0) is 13.9. The molecule has 0 radical (unpaired) electrons. The Hall–Kier alpha value is -0.770. The Balaban J connectivity index is 2.75. The summed E-state index contributed by atoms with van der Waals surface area (Å²) in [7, 11) is 0. The molecule has 1 atom stereocenters. The number of benzene rings is 1. The Kier molecular flexibility index (Phi) is 5.02. The highest BCUT2D eigenvalue weighted by Crippen LogP contribution is 2.25. The first-order valence-corrected chi connectivity index (χ1v) is 6.46. The van der Waals surface area contributed by atoms with Crippen molar-refractivity contribution in [1.82, 2.24) is 5.32 Å². The topological polar surface area (TPSA) is 49.3 Å². The third kappa shape index (κ3) is 3.61. The summed E-state index contributed by atoms with van der Waals surface area (Å²) < 4.78 is 0. The molecule has 0 heterocycles. The Bertz CT molecular complexity index is 445. The van der Waals surface area contributed by atoms with Gasteiger partial charge in [-0.1, -0.05) is 43.1 Å². The summed E-state index contributed by atoms with van der Waals surface area (Å²) >= 11 is 11.8. The summed E-state index contributed by atoms with van der Waals surface area (Å²) in [6.07, 6.45) is 0. The van der Waals surface area contributed by atoms with E-state index in [0.29, 0.717) is 10.6 Å². The lowest BCUT2D eigenvalue weighted by Gasteiger charge is -2.27. The van der Waals surface area contributed by atoms with Crippen molar-refractivity contribution in [2.75, 3.05) is 6.54 Å². The number of nitrogens with one attached hydrogen (secondary N) is 1. The molecule has 100 valence electrons. The molecule has 0 aromatic heterocycles. The average molecular weight is 290 g/mol. The molecule has 0 saturated heterocycles. The predicted molar refractivity (Wildman–Crippen MR) is 74.3 cm³/mol. The molecule has 0 saturated carbocycles. The number of aliphatic hydroxyl groups is 1. The van der Waals surface area contributed by atoms with Gasteiger partial charge in [0.2, 0.25) is 0 Å². The van der Waals surface area contributed by atoms with E-state index in [1.165, 1.54) is 0 Å². The second-order valence-electron chi connectivity index (χ2n) is 4.80. The summed E-state index contributed by atoms with van der Waals surface area (Å²) in [5.41, 5.74) is -0.649. The molecule has 1 amide bonds. The number of rotatable bonds is 4. The van der Waals surface area contributed by atoms with E-state index in [-0.39, 0.29) is 23.4 Å². The van der Waals surface area contributed by atoms with E-state index in [2.05, 4.69) is 5.32 Å². The smallest absolute Gasteiger partial charge is 0.252 e. The van der Waals surface area contributed by atoms with E-state index in [0.717, 1.165) is 0 Å². The van der Waals surface area contributed by atoms with Gasteiger partial charge < -0.3 is 10.4 Å². The van der Waals surface area contributed by atoms with Crippen molar-refractivity contribution in [3.8, 4) is 0 Å². The van der Waals surface area contributed by atoms with Gasteiger partial charge in [0.25, 0.3) is 5.91 Å². The maximum Gasteiger partial charge on any atom is 0.252 e. The second kappa shape index (κ2) is 5.91. The van der Waals surface area contributed by atoms with Crippen LogP contribution in [0.5, 0.6) is 0 Å². The lowest BCUT2D eigenvalue weighted by atomic mass is 9.92. The van der Waals surface area contributed by atoms with Crippen molar-refractivity contribution in [3.63, 3.8) is 0 Å². The van der Waals surface area contributed by atoms with Gasteiger partial charge in [-0.2, -0.15) is 0 Å². The first kappa shape index (κ1) is 15.3. The third-order valence-electron chi connectivity index (χ3n) is 3.05. The maximum atomic E-state index is 11.9. The molecule has 0 fully saturated rings. The van der Waals surface area contributed by atoms with Crippen LogP contribution in [-0.4, -0.2) is 23.2 Å². The van der Waals surface area contributed by atoms with Gasteiger partial charge in [0.15, 0.2) is 0 Å². The van der Waals surface area contributed by atoms with E-state index >= 15 is 0 Å². The zero-order valence-electron chi connectivity index (χ0n) is 10.6. The minimum absolute atomic E-state index is 0.0348. The normalized spacial score (nSPS) is 14.4. The van der Waals surface area contributed by atoms with Gasteiger partial charge in [-0.3, -0.25) is 4.79 Å². The monoisotopic (exact) mass is 289 g/mol. The van der Waals surface area contributed by atoms with Crippen LogP contribution in [0, 0.1) is 5.92 Å². The quantitative estimate of drug-likeness (QED) is 0.895. The van der Waals surface area contributed by atoms with E-state index < -0.39 is 5.60 Å². The van der Waals surface area contributed by atoms with Crippen molar-refractivity contribution in [3.05, 3.63) is 33.8 Å². The van der Waals surface area contributed by atoms with Gasteiger partial charge in [-0.25, -0.2) is 0 Å². The van der Waals surface area contributed by atoms with Crippen LogP contribution >= 0.6 is 23.2 Å². The molecule has 1 aromatic carbocycles. The van der Waals surface area contributed by atoms with Crippen molar-refractivity contribution in [1.29, 1.82) is 0 Å². The molecule has 1 aromatic rings. The van der Waals surface area contributed by atoms with Crippen LogP contribution in [-0.2, 0) is 0 Å². The van der Waals surface area contributed by atoms with Crippen molar-refractivity contribution in [2.45, 2.75) is 26.4 Å². The first-order valence-electron chi connectivity index (χ1n) is 5.70. The third-order valence-corrected chi connectivity index (χ3v) is 3.87. The van der Waals surface area contributed by atoms with Crippen LogP contribution < -0.4 is 5.32 Å². The van der Waals surface area contributed by atoms with Crippen LogP contribution in [0.3, 0.4) is 0 Å². The van der Waals surface area contributed by atoms with E-state index in [4.69, 9.17) is 23.2 Å². The molecule has 1 rings (SSSR count). The fourth-order valence-electron chi connectivity index (χ4n) is 1.24. The largest absolute Gasteiger partial charge is 0.388 e. The minimum atomic E-state index is -0.958. The molecule has 2 N–H and O–H groups in total. The fraction of sp³-hybridized carbons (Fsp3) is 0.462. The molecule has 0 aliphatic rings. The van der Waals surface area contributed by atoms with Gasteiger partial charge in [0.1, 0.15) is 0 Å². The molecule has 18 heavy (non-hydrogen) atoms. The molecule has 1 unspecified atom stereocenters. The molecule has 5 heteroatoms. The predicted octanol–water partition coefficient (Wildman–Crippen LogP) is 3.13. The van der Waals surface area contributed by atoms with Crippen LogP contribution in [0.1, 0.15) is 31.1 Å². The number of amides is 1. The molecular weight excluding hydrogens is 273 g/mol. The van der Waals surface area contributed by atoms with Gasteiger partial charge in [-0.05, 0) is 25.0 Å². The fourth-order valence-corrected chi connectivity index (χ4v) is 1.62. The number of hydrogen-bond acceptors (Lipinski definition) is 2. The summed E-state index contributed by atoms with van der Waals surface area (Å²) in [5.74, 6) is -0.309. The number of hydrogen-bond donors (Lipinski definition) is 2. The number of carbonyl (C=O) groups excluding carboxylic acids is 1. The highest BCUT2D eigenvalue weighted by molar-refractivity contribution is 6.43. The maximum absolute atomic E-state index is 11.9. The van der Waals surface area contributed by atoms with Crippen LogP contribution in [0.4, 0.5) is 0 Å². The SMILES string of the molecule is CC(C)C(C)(O)CNC(=O)c1cccc(Cl)c1Cl. The molecule has 3 nitrogen and oxygen atoms in total. The van der Waals surface area contributed by atoms with E-state index in [1.54, 1.807) is 25.1 Å². The Morgan fingerprint density at radius 3 is 2.61 bits per heavy atom. The summed E-state index contributed by atoms with van der Waals surface area (Å²) in [4.78, 5) is 11.9. The standard InChI is InChI=1S/C13H17Cl2NO2/c1-8(2)13(3,18)7-16-12(17)9-5-4-6-10(14)11(9)15/h4-6,8,18H,7H2,1-3H3,(H,16,17). The zero-order valence-corrected chi connectivity index (χ0v) is 12.1. The lowest BCUT2D eigenvalue weighted by molar-refractivity contribution is 0.0142. The molecule has 0 bridgehead atoms. The Morgan fingerprint density at radius 1 is 1.44 bits per heavy atom. The second-order valence-corrected chi connectivity index (χ2v) is 5.58. The summed E-state index contributed by atoms with van der Waals surface area (Å²) in [5, 5.41) is 13.3. The van der Waals surface area contributed by atoms with Crippen LogP contribution in [0.25, 0.3) is 0 Å². The van der Waals surface area contributed by atoms with Crippen molar-refractivity contribution in [2.24, 2.45) is 5.92 Å². The lowest BCUT2D eigenvalue weighted by Crippen LogP contribution is -2.44. The van der Waals surface area contributed by atoms with E-state index in [1.807, 2.05) is 13.8 Å². The highest BCUT2D eigenvalue weighted by atomic mass is 35.5. The van der Waals surface area contributed by atoms with Gasteiger partial charge in [0, 0.05) is 6.54 Å². The molecule has 0 spiro atoms. The van der Waals surface area contributed by atoms with Gasteiger partial charge in [0.05, 0.1) is 21.2 Å². The highest BCUT2D eigenvalue weighted by Gasteiger charge is 2.26. The number of halogens is 2. The molecule has 0 aliphatic carbocycles. The van der Waals surface area contributed by atoms with Crippen LogP contribution in [0.15, 0.2) is 18.2 Å². The van der Waals surface area contributed by atoms with Crippen molar-refractivity contribution < 1.29 is 9.90 Å². The molecule has 0 aliphatic heterocycles. The van der Waals surface area contributed by atoms with Gasteiger partial charge in [-0.15, -0.1) is 0 Å². The minimum Gasteiger partial charge on any atom is -0.388 e. The van der Waals surface area contributed by atoms with Crippen molar-refractivity contribution >= 4 is 29.1 Å². The first-order chi connectivity index (χ1) is 8.25. The van der Waals surface area contributed by atoms with E-state index in [9.17, 15) is 9.90 Å². The average Bonchev–Trinajstić information content (AvgIpc) is 2.29. The van der Waals surface area contributed by atoms with Crippen LogP contribution in [0.2, 0.25) is 10.0 Å².